The number of nitrogens with two attached hydrogens (primary N) is 1. The average Bonchev–Trinajstić information content (AvgIpc) is 3.11. The Morgan fingerprint density at radius 2 is 2.19 bits per heavy atom. The summed E-state index contributed by atoms with van der Waals surface area (Å²) in [6.07, 6.45) is 6.50. The van der Waals surface area contributed by atoms with E-state index in [9.17, 15) is 4.79 Å². The van der Waals surface area contributed by atoms with E-state index >= 15 is 0 Å². The Labute approximate surface area is 96.9 Å². The van der Waals surface area contributed by atoms with Crippen LogP contribution in [0.5, 0.6) is 0 Å². The van der Waals surface area contributed by atoms with Crippen molar-refractivity contribution in [1.82, 2.24) is 5.32 Å². The van der Waals surface area contributed by atoms with Crippen LogP contribution in [0.4, 0.5) is 0 Å². The molecule has 1 amide bonds. The molecular formula is C12H22N2O2. The molecule has 0 radical (unpaired) electrons. The van der Waals surface area contributed by atoms with Crippen LogP contribution < -0.4 is 11.1 Å². The lowest BCUT2D eigenvalue weighted by molar-refractivity contribution is -0.122. The quantitative estimate of drug-likeness (QED) is 0.728. The van der Waals surface area contributed by atoms with Gasteiger partial charge in [0.2, 0.25) is 5.91 Å². The Morgan fingerprint density at radius 1 is 1.38 bits per heavy atom. The predicted octanol–water partition coefficient (Wildman–Crippen LogP) is 0.799. The normalized spacial score (nSPS) is 27.4. The van der Waals surface area contributed by atoms with Crippen molar-refractivity contribution in [2.24, 2.45) is 11.7 Å². The van der Waals surface area contributed by atoms with Gasteiger partial charge in [-0.25, -0.2) is 0 Å². The lowest BCUT2D eigenvalue weighted by Crippen LogP contribution is -2.38. The largest absolute Gasteiger partial charge is 0.376 e. The van der Waals surface area contributed by atoms with Crippen LogP contribution in [0.15, 0.2) is 0 Å². The zero-order chi connectivity index (χ0) is 11.4. The van der Waals surface area contributed by atoms with Gasteiger partial charge in [-0.15, -0.1) is 0 Å². The molecule has 0 aromatic heterocycles. The second kappa shape index (κ2) is 5.64. The molecule has 1 aliphatic carbocycles. The number of nitrogens with one attached hydrogen (secondary N) is 1. The molecule has 0 spiro atoms. The Bertz CT molecular complexity index is 235. The average molecular weight is 226 g/mol. The minimum atomic E-state index is 0.0623. The van der Waals surface area contributed by atoms with Crippen molar-refractivity contribution in [3.05, 3.63) is 0 Å². The first-order valence-corrected chi connectivity index (χ1v) is 6.39. The highest BCUT2D eigenvalue weighted by molar-refractivity contribution is 5.76. The number of carbonyl (C=O) groups is 1. The van der Waals surface area contributed by atoms with Gasteiger partial charge in [0.25, 0.3) is 0 Å². The van der Waals surface area contributed by atoms with Crippen LogP contribution in [0.3, 0.4) is 0 Å². The van der Waals surface area contributed by atoms with Gasteiger partial charge in [-0.05, 0) is 38.0 Å². The SMILES string of the molecule is NC(CC(=O)NCC1CCCCO1)C1CC1. The second-order valence-electron chi connectivity index (χ2n) is 5.00. The first-order chi connectivity index (χ1) is 7.75. The van der Waals surface area contributed by atoms with Crippen LogP contribution in [-0.2, 0) is 9.53 Å². The Morgan fingerprint density at radius 3 is 2.81 bits per heavy atom. The van der Waals surface area contributed by atoms with Crippen LogP contribution >= 0.6 is 0 Å². The van der Waals surface area contributed by atoms with Crippen molar-refractivity contribution in [2.45, 2.75) is 50.7 Å². The summed E-state index contributed by atoms with van der Waals surface area (Å²) >= 11 is 0. The van der Waals surface area contributed by atoms with E-state index < -0.39 is 0 Å². The third-order valence-electron chi connectivity index (χ3n) is 3.45. The number of ether oxygens (including phenoxy) is 1. The molecule has 2 rings (SSSR count). The summed E-state index contributed by atoms with van der Waals surface area (Å²) in [5, 5.41) is 2.92. The Hall–Kier alpha value is -0.610. The molecule has 0 aromatic carbocycles. The first kappa shape index (κ1) is 11.9. The maximum Gasteiger partial charge on any atom is 0.221 e. The number of amides is 1. The topological polar surface area (TPSA) is 64.4 Å². The molecule has 0 aromatic rings. The molecule has 2 fully saturated rings. The van der Waals surface area contributed by atoms with Crippen LogP contribution in [0, 0.1) is 5.92 Å². The molecule has 1 heterocycles. The fraction of sp³-hybridized carbons (Fsp3) is 0.917. The van der Waals surface area contributed by atoms with E-state index in [2.05, 4.69) is 5.32 Å². The number of carbonyl (C=O) groups excluding carboxylic acids is 1. The fourth-order valence-corrected chi connectivity index (χ4v) is 2.17. The standard InChI is InChI=1S/C12H22N2O2/c13-11(9-4-5-9)7-12(15)14-8-10-3-1-2-6-16-10/h9-11H,1-8,13H2,(H,14,15). The minimum absolute atomic E-state index is 0.0623. The van der Waals surface area contributed by atoms with E-state index in [1.807, 2.05) is 0 Å². The van der Waals surface area contributed by atoms with Crippen LogP contribution in [0.2, 0.25) is 0 Å². The third-order valence-corrected chi connectivity index (χ3v) is 3.45. The molecule has 2 aliphatic rings. The number of rotatable bonds is 5. The molecule has 1 saturated heterocycles. The van der Waals surface area contributed by atoms with Crippen LogP contribution in [0.25, 0.3) is 0 Å². The van der Waals surface area contributed by atoms with Gasteiger partial charge in [0.1, 0.15) is 0 Å². The molecule has 4 nitrogen and oxygen atoms in total. The smallest absolute Gasteiger partial charge is 0.221 e. The van der Waals surface area contributed by atoms with E-state index in [1.165, 1.54) is 19.3 Å². The summed E-state index contributed by atoms with van der Waals surface area (Å²) < 4.78 is 5.55. The van der Waals surface area contributed by atoms with Crippen molar-refractivity contribution in [3.8, 4) is 0 Å². The summed E-state index contributed by atoms with van der Waals surface area (Å²) in [4.78, 5) is 11.6. The van der Waals surface area contributed by atoms with Crippen LogP contribution in [0.1, 0.15) is 38.5 Å². The zero-order valence-corrected chi connectivity index (χ0v) is 9.78. The monoisotopic (exact) mass is 226 g/mol. The summed E-state index contributed by atoms with van der Waals surface area (Å²) in [5.74, 6) is 0.672. The summed E-state index contributed by atoms with van der Waals surface area (Å²) in [6.45, 7) is 1.48. The van der Waals surface area contributed by atoms with Gasteiger partial charge >= 0.3 is 0 Å². The summed E-state index contributed by atoms with van der Waals surface area (Å²) in [6, 6.07) is 0.0623. The number of hydrogen-bond donors (Lipinski definition) is 2. The van der Waals surface area contributed by atoms with Gasteiger partial charge in [0.05, 0.1) is 6.10 Å². The van der Waals surface area contributed by atoms with Gasteiger partial charge in [0.15, 0.2) is 0 Å². The maximum atomic E-state index is 11.6. The van der Waals surface area contributed by atoms with Crippen molar-refractivity contribution >= 4 is 5.91 Å². The molecule has 0 bridgehead atoms. The molecule has 1 aliphatic heterocycles. The summed E-state index contributed by atoms with van der Waals surface area (Å²) in [5.41, 5.74) is 5.90. The summed E-state index contributed by atoms with van der Waals surface area (Å²) in [7, 11) is 0. The van der Waals surface area contributed by atoms with E-state index in [0.717, 1.165) is 19.4 Å². The Balaban J connectivity index is 1.58. The van der Waals surface area contributed by atoms with Crippen molar-refractivity contribution in [3.63, 3.8) is 0 Å². The van der Waals surface area contributed by atoms with Crippen LogP contribution in [-0.4, -0.2) is 31.2 Å². The van der Waals surface area contributed by atoms with E-state index in [4.69, 9.17) is 10.5 Å². The van der Waals surface area contributed by atoms with Crippen molar-refractivity contribution in [1.29, 1.82) is 0 Å². The zero-order valence-electron chi connectivity index (χ0n) is 9.78. The molecule has 2 unspecified atom stereocenters. The second-order valence-corrected chi connectivity index (χ2v) is 5.00. The molecule has 4 heteroatoms. The van der Waals surface area contributed by atoms with E-state index in [0.29, 0.717) is 18.9 Å². The highest BCUT2D eigenvalue weighted by Crippen LogP contribution is 2.32. The lowest BCUT2D eigenvalue weighted by atomic mass is 10.1. The van der Waals surface area contributed by atoms with E-state index in [-0.39, 0.29) is 18.1 Å². The maximum absolute atomic E-state index is 11.6. The van der Waals surface area contributed by atoms with E-state index in [1.54, 1.807) is 0 Å². The van der Waals surface area contributed by atoms with Gasteiger partial charge in [-0.3, -0.25) is 4.79 Å². The van der Waals surface area contributed by atoms with Gasteiger partial charge in [-0.2, -0.15) is 0 Å². The van der Waals surface area contributed by atoms with Crippen molar-refractivity contribution < 1.29 is 9.53 Å². The highest BCUT2D eigenvalue weighted by Gasteiger charge is 2.29. The minimum Gasteiger partial charge on any atom is -0.376 e. The first-order valence-electron chi connectivity index (χ1n) is 6.39. The molecule has 16 heavy (non-hydrogen) atoms. The Kier molecular flexibility index (Phi) is 4.18. The van der Waals surface area contributed by atoms with Gasteiger partial charge < -0.3 is 15.8 Å². The highest BCUT2D eigenvalue weighted by atomic mass is 16.5. The molecule has 2 atom stereocenters. The van der Waals surface area contributed by atoms with Gasteiger partial charge in [0, 0.05) is 25.6 Å². The lowest BCUT2D eigenvalue weighted by Gasteiger charge is -2.23. The molecule has 3 N–H and O–H groups in total. The predicted molar refractivity (Wildman–Crippen MR) is 61.9 cm³/mol. The molecule has 1 saturated carbocycles. The van der Waals surface area contributed by atoms with Gasteiger partial charge in [-0.1, -0.05) is 0 Å². The fourth-order valence-electron chi connectivity index (χ4n) is 2.17. The third kappa shape index (κ3) is 3.76. The molecular weight excluding hydrogens is 204 g/mol. The number of hydrogen-bond acceptors (Lipinski definition) is 3. The van der Waals surface area contributed by atoms with Crippen molar-refractivity contribution in [2.75, 3.05) is 13.2 Å². The molecule has 92 valence electrons.